The van der Waals surface area contributed by atoms with Crippen molar-refractivity contribution in [2.75, 3.05) is 13.7 Å². The van der Waals surface area contributed by atoms with Crippen molar-refractivity contribution in [2.45, 2.75) is 19.8 Å². The predicted octanol–water partition coefficient (Wildman–Crippen LogP) is 2.90. The third-order valence-electron chi connectivity index (χ3n) is 2.15. The highest BCUT2D eigenvalue weighted by atomic mass is 79.9. The van der Waals surface area contributed by atoms with Crippen molar-refractivity contribution < 1.29 is 23.0 Å². The number of esters is 1. The molecule has 0 bridgehead atoms. The van der Waals surface area contributed by atoms with E-state index < -0.39 is 12.4 Å². The summed E-state index contributed by atoms with van der Waals surface area (Å²) in [5.74, 6) is -0.541. The summed E-state index contributed by atoms with van der Waals surface area (Å²) in [4.78, 5) is 15.2. The van der Waals surface area contributed by atoms with Gasteiger partial charge in [-0.3, -0.25) is 9.78 Å². The second kappa shape index (κ2) is 6.63. The SMILES string of the molecule is CCOC(=O)Cc1ncc(OC)c(C(F)F)c1Br. The maximum atomic E-state index is 12.9. The molecule has 0 aliphatic carbocycles. The number of halogens is 3. The third kappa shape index (κ3) is 3.38. The van der Waals surface area contributed by atoms with Gasteiger partial charge in [-0.1, -0.05) is 0 Å². The molecular formula is C11H12BrF2NO3. The highest BCUT2D eigenvalue weighted by Gasteiger charge is 2.22. The largest absolute Gasteiger partial charge is 0.495 e. The number of hydrogen-bond donors (Lipinski definition) is 0. The minimum absolute atomic E-state index is 0.0236. The number of ether oxygens (including phenoxy) is 2. The van der Waals surface area contributed by atoms with E-state index in [1.807, 2.05) is 0 Å². The van der Waals surface area contributed by atoms with Gasteiger partial charge >= 0.3 is 5.97 Å². The molecule has 0 N–H and O–H groups in total. The Hall–Kier alpha value is -1.24. The Labute approximate surface area is 111 Å². The van der Waals surface area contributed by atoms with Gasteiger partial charge in [0.15, 0.2) is 0 Å². The lowest BCUT2D eigenvalue weighted by molar-refractivity contribution is -0.142. The number of carbonyl (C=O) groups excluding carboxylic acids is 1. The van der Waals surface area contributed by atoms with E-state index in [2.05, 4.69) is 20.9 Å². The zero-order valence-corrected chi connectivity index (χ0v) is 11.5. The lowest BCUT2D eigenvalue weighted by Gasteiger charge is -2.12. The van der Waals surface area contributed by atoms with Gasteiger partial charge in [0.1, 0.15) is 5.75 Å². The molecule has 1 heterocycles. The van der Waals surface area contributed by atoms with Gasteiger partial charge in [0.25, 0.3) is 6.43 Å². The van der Waals surface area contributed by atoms with Gasteiger partial charge in [0.2, 0.25) is 0 Å². The smallest absolute Gasteiger partial charge is 0.311 e. The topological polar surface area (TPSA) is 48.4 Å². The molecule has 100 valence electrons. The minimum Gasteiger partial charge on any atom is -0.495 e. The summed E-state index contributed by atoms with van der Waals surface area (Å²) in [6.45, 7) is 1.90. The Balaban J connectivity index is 3.08. The van der Waals surface area contributed by atoms with E-state index >= 15 is 0 Å². The van der Waals surface area contributed by atoms with Crippen LogP contribution in [0.1, 0.15) is 24.6 Å². The average Bonchev–Trinajstić information content (AvgIpc) is 2.31. The van der Waals surface area contributed by atoms with Gasteiger partial charge < -0.3 is 9.47 Å². The number of alkyl halides is 2. The molecule has 7 heteroatoms. The molecule has 0 saturated heterocycles. The fourth-order valence-corrected chi connectivity index (χ4v) is 1.98. The zero-order valence-electron chi connectivity index (χ0n) is 9.87. The maximum Gasteiger partial charge on any atom is 0.311 e. The van der Waals surface area contributed by atoms with Crippen molar-refractivity contribution >= 4 is 21.9 Å². The van der Waals surface area contributed by atoms with E-state index in [0.29, 0.717) is 0 Å². The molecule has 0 spiro atoms. The number of methoxy groups -OCH3 is 1. The second-order valence-corrected chi connectivity index (χ2v) is 4.08. The van der Waals surface area contributed by atoms with Crippen LogP contribution in [0.2, 0.25) is 0 Å². The van der Waals surface area contributed by atoms with E-state index in [0.717, 1.165) is 0 Å². The van der Waals surface area contributed by atoms with Crippen molar-refractivity contribution in [1.29, 1.82) is 0 Å². The van der Waals surface area contributed by atoms with Crippen molar-refractivity contribution in [3.8, 4) is 5.75 Å². The number of pyridine rings is 1. The lowest BCUT2D eigenvalue weighted by Crippen LogP contribution is -2.10. The normalized spacial score (nSPS) is 10.6. The van der Waals surface area contributed by atoms with Gasteiger partial charge in [-0.15, -0.1) is 0 Å². The van der Waals surface area contributed by atoms with Gasteiger partial charge in [-0.2, -0.15) is 0 Å². The van der Waals surface area contributed by atoms with Crippen LogP contribution in [-0.4, -0.2) is 24.7 Å². The molecule has 0 radical (unpaired) electrons. The van der Waals surface area contributed by atoms with Crippen LogP contribution in [0.4, 0.5) is 8.78 Å². The molecule has 1 aromatic heterocycles. The summed E-state index contributed by atoms with van der Waals surface area (Å²) in [5.41, 5.74) is -0.114. The van der Waals surface area contributed by atoms with Gasteiger partial charge in [-0.05, 0) is 22.9 Å². The molecular weight excluding hydrogens is 312 g/mol. The number of rotatable bonds is 5. The summed E-state index contributed by atoms with van der Waals surface area (Å²) < 4.78 is 35.4. The molecule has 0 fully saturated rings. The zero-order chi connectivity index (χ0) is 13.7. The molecule has 0 unspecified atom stereocenters. The summed E-state index contributed by atoms with van der Waals surface area (Å²) in [6.07, 6.45) is -1.72. The summed E-state index contributed by atoms with van der Waals surface area (Å²) in [6, 6.07) is 0. The average molecular weight is 324 g/mol. The van der Waals surface area contributed by atoms with Gasteiger partial charge in [-0.25, -0.2) is 8.78 Å². The van der Waals surface area contributed by atoms with Crippen LogP contribution in [0.5, 0.6) is 5.75 Å². The first-order valence-electron chi connectivity index (χ1n) is 5.16. The summed E-state index contributed by atoms with van der Waals surface area (Å²) >= 11 is 3.02. The van der Waals surface area contributed by atoms with E-state index in [1.54, 1.807) is 6.92 Å². The highest BCUT2D eigenvalue weighted by molar-refractivity contribution is 9.10. The number of hydrogen-bond acceptors (Lipinski definition) is 4. The van der Waals surface area contributed by atoms with Crippen molar-refractivity contribution in [1.82, 2.24) is 4.98 Å². The second-order valence-electron chi connectivity index (χ2n) is 3.28. The molecule has 0 atom stereocenters. The molecule has 0 aliphatic rings. The number of nitrogens with zero attached hydrogens (tertiary/aromatic N) is 1. The minimum atomic E-state index is -2.72. The monoisotopic (exact) mass is 323 g/mol. The Morgan fingerprint density at radius 2 is 2.22 bits per heavy atom. The van der Waals surface area contributed by atoms with Gasteiger partial charge in [0, 0.05) is 0 Å². The fourth-order valence-electron chi connectivity index (χ4n) is 1.36. The van der Waals surface area contributed by atoms with Crippen LogP contribution in [0, 0.1) is 0 Å². The fraction of sp³-hybridized carbons (Fsp3) is 0.455. The summed E-state index contributed by atoms with van der Waals surface area (Å²) in [7, 11) is 1.28. The van der Waals surface area contributed by atoms with E-state index in [-0.39, 0.29) is 34.5 Å². The molecule has 0 aromatic carbocycles. The van der Waals surface area contributed by atoms with Crippen LogP contribution < -0.4 is 4.74 Å². The van der Waals surface area contributed by atoms with Crippen molar-refractivity contribution in [3.63, 3.8) is 0 Å². The van der Waals surface area contributed by atoms with Crippen LogP contribution >= 0.6 is 15.9 Å². The number of aromatic nitrogens is 1. The van der Waals surface area contributed by atoms with E-state index in [1.165, 1.54) is 13.3 Å². The quantitative estimate of drug-likeness (QED) is 0.782. The van der Waals surface area contributed by atoms with E-state index in [9.17, 15) is 13.6 Å². The number of carbonyl (C=O) groups is 1. The third-order valence-corrected chi connectivity index (χ3v) is 3.03. The maximum absolute atomic E-state index is 12.9. The van der Waals surface area contributed by atoms with Crippen LogP contribution in [0.25, 0.3) is 0 Å². The van der Waals surface area contributed by atoms with Crippen molar-refractivity contribution in [2.24, 2.45) is 0 Å². The Morgan fingerprint density at radius 1 is 1.56 bits per heavy atom. The molecule has 1 rings (SSSR count). The molecule has 0 aliphatic heterocycles. The standard InChI is InChI=1S/C11H12BrF2NO3/c1-3-18-8(16)4-6-10(12)9(11(13)14)7(17-2)5-15-6/h5,11H,3-4H2,1-2H3. The predicted molar refractivity (Wildman–Crippen MR) is 63.8 cm³/mol. The summed E-state index contributed by atoms with van der Waals surface area (Å²) in [5, 5.41) is 0. The lowest BCUT2D eigenvalue weighted by atomic mass is 10.2. The molecule has 18 heavy (non-hydrogen) atoms. The Morgan fingerprint density at radius 3 is 2.72 bits per heavy atom. The van der Waals surface area contributed by atoms with Crippen LogP contribution in [0.15, 0.2) is 10.7 Å². The van der Waals surface area contributed by atoms with Crippen LogP contribution in [-0.2, 0) is 16.0 Å². The first-order chi connectivity index (χ1) is 8.51. The first kappa shape index (κ1) is 14.8. The van der Waals surface area contributed by atoms with Crippen LogP contribution in [0.3, 0.4) is 0 Å². The first-order valence-corrected chi connectivity index (χ1v) is 5.95. The Bertz CT molecular complexity index is 441. The van der Waals surface area contributed by atoms with Gasteiger partial charge in [0.05, 0.1) is 42.1 Å². The molecule has 4 nitrogen and oxygen atoms in total. The molecule has 0 amide bonds. The Kier molecular flexibility index (Phi) is 5.46. The van der Waals surface area contributed by atoms with Crippen molar-refractivity contribution in [3.05, 3.63) is 21.9 Å². The van der Waals surface area contributed by atoms with E-state index in [4.69, 9.17) is 9.47 Å². The molecule has 0 saturated carbocycles. The molecule has 1 aromatic rings. The highest BCUT2D eigenvalue weighted by Crippen LogP contribution is 2.36.